The number of para-hydroxylation sites is 1. The van der Waals surface area contributed by atoms with Gasteiger partial charge in [-0.2, -0.15) is 0 Å². The van der Waals surface area contributed by atoms with Crippen LogP contribution in [-0.4, -0.2) is 30.2 Å². The first-order valence-electron chi connectivity index (χ1n) is 14.9. The highest BCUT2D eigenvalue weighted by Crippen LogP contribution is 2.53. The van der Waals surface area contributed by atoms with Crippen LogP contribution in [0.1, 0.15) is 86.1 Å². The number of ether oxygens (including phenoxy) is 2. The van der Waals surface area contributed by atoms with Gasteiger partial charge < -0.3 is 18.9 Å². The van der Waals surface area contributed by atoms with Crippen LogP contribution >= 0.6 is 0 Å². The average molecular weight is 539 g/mol. The average Bonchev–Trinajstić information content (AvgIpc) is 3.43. The molecule has 40 heavy (non-hydrogen) atoms. The molecule has 5 nitrogen and oxygen atoms in total. The summed E-state index contributed by atoms with van der Waals surface area (Å²) in [5.41, 5.74) is 5.62. The number of carbonyl (C=O) groups excluding carboxylic acids is 1. The summed E-state index contributed by atoms with van der Waals surface area (Å²) in [5, 5.41) is 1.11. The highest BCUT2D eigenvalue weighted by Gasteiger charge is 2.52. The van der Waals surface area contributed by atoms with Crippen molar-refractivity contribution in [2.75, 3.05) is 24.6 Å². The van der Waals surface area contributed by atoms with Gasteiger partial charge >= 0.3 is 5.97 Å². The van der Waals surface area contributed by atoms with Gasteiger partial charge in [-0.1, -0.05) is 62.6 Å². The van der Waals surface area contributed by atoms with E-state index in [-0.39, 0.29) is 5.97 Å². The van der Waals surface area contributed by atoms with Gasteiger partial charge in [0.2, 0.25) is 0 Å². The van der Waals surface area contributed by atoms with Gasteiger partial charge in [0.1, 0.15) is 5.75 Å². The molecule has 0 N–H and O–H groups in total. The maximum Gasteiger partial charge on any atom is 0.340 e. The van der Waals surface area contributed by atoms with Gasteiger partial charge in [-0.25, -0.2) is 4.79 Å². The molecule has 1 unspecified atom stereocenters. The summed E-state index contributed by atoms with van der Waals surface area (Å²) >= 11 is 0. The minimum atomic E-state index is -1.13. The van der Waals surface area contributed by atoms with E-state index in [1.165, 1.54) is 24.8 Å². The van der Waals surface area contributed by atoms with Crippen LogP contribution < -0.4 is 9.64 Å². The van der Waals surface area contributed by atoms with Crippen LogP contribution in [0.4, 0.5) is 5.69 Å². The van der Waals surface area contributed by atoms with Gasteiger partial charge in [0.05, 0.1) is 12.2 Å². The van der Waals surface area contributed by atoms with Crippen molar-refractivity contribution in [1.29, 1.82) is 0 Å². The lowest BCUT2D eigenvalue weighted by Gasteiger charge is -2.33. The van der Waals surface area contributed by atoms with Crippen LogP contribution in [0, 0.1) is 6.92 Å². The predicted octanol–water partition coefficient (Wildman–Crippen LogP) is 8.24. The minimum Gasteiger partial charge on any atom is -0.493 e. The van der Waals surface area contributed by atoms with Crippen molar-refractivity contribution in [1.82, 2.24) is 4.57 Å². The molecule has 5 heteroatoms. The zero-order valence-electron chi connectivity index (χ0n) is 24.6. The monoisotopic (exact) mass is 538 g/mol. The first-order chi connectivity index (χ1) is 19.5. The number of rotatable bonds is 12. The Labute approximate surface area is 238 Å². The quantitative estimate of drug-likeness (QED) is 0.135. The summed E-state index contributed by atoms with van der Waals surface area (Å²) in [6.45, 7) is 14.0. The maximum absolute atomic E-state index is 13.6. The molecule has 1 aliphatic heterocycles. The molecule has 0 aliphatic carbocycles. The molecule has 1 atom stereocenters. The molecule has 4 aromatic rings. The fourth-order valence-electron chi connectivity index (χ4n) is 6.46. The summed E-state index contributed by atoms with van der Waals surface area (Å²) in [7, 11) is 0. The normalized spacial score (nSPS) is 16.3. The van der Waals surface area contributed by atoms with Crippen molar-refractivity contribution >= 4 is 22.6 Å². The number of anilines is 1. The van der Waals surface area contributed by atoms with E-state index in [2.05, 4.69) is 79.6 Å². The van der Waals surface area contributed by atoms with Crippen molar-refractivity contribution in [3.05, 3.63) is 94.7 Å². The Hall–Kier alpha value is -3.73. The third-order valence-corrected chi connectivity index (χ3v) is 8.36. The van der Waals surface area contributed by atoms with Crippen molar-refractivity contribution in [3.63, 3.8) is 0 Å². The minimum absolute atomic E-state index is 0.301. The Morgan fingerprint density at radius 3 is 2.38 bits per heavy atom. The number of fused-ring (bicyclic) bond motifs is 2. The number of carbonyl (C=O) groups is 1. The van der Waals surface area contributed by atoms with E-state index < -0.39 is 5.60 Å². The van der Waals surface area contributed by atoms with Crippen molar-refractivity contribution in [3.8, 4) is 5.75 Å². The zero-order valence-corrected chi connectivity index (χ0v) is 24.6. The molecule has 1 aliphatic rings. The second-order valence-corrected chi connectivity index (χ2v) is 10.6. The number of benzene rings is 3. The largest absolute Gasteiger partial charge is 0.493 e. The number of esters is 1. The molecule has 2 heterocycles. The Morgan fingerprint density at radius 1 is 0.875 bits per heavy atom. The molecule has 0 saturated heterocycles. The first kappa shape index (κ1) is 27.8. The molecular formula is C35H42N2O3. The van der Waals surface area contributed by atoms with Gasteiger partial charge in [-0.3, -0.25) is 0 Å². The number of aryl methyl sites for hydroxylation is 1. The van der Waals surface area contributed by atoms with Crippen molar-refractivity contribution in [2.45, 2.75) is 72.4 Å². The van der Waals surface area contributed by atoms with Gasteiger partial charge in [-0.05, 0) is 58.4 Å². The third-order valence-electron chi connectivity index (χ3n) is 8.36. The summed E-state index contributed by atoms with van der Waals surface area (Å²) in [5.74, 6) is 0.445. The lowest BCUT2D eigenvalue weighted by Crippen LogP contribution is -2.31. The number of cyclic esters (lactones) is 1. The van der Waals surface area contributed by atoms with Crippen molar-refractivity contribution < 1.29 is 14.3 Å². The lowest BCUT2D eigenvalue weighted by atomic mass is 9.78. The van der Waals surface area contributed by atoms with E-state index in [4.69, 9.17) is 9.47 Å². The standard InChI is InChI=1S/C35H42N2O3/c1-6-10-11-16-23-37-25(5)33(28-18-13-15-20-31(28)37)35(29-19-14-12-17-27(29)34(38)40-35)30-22-21-26(36(7-2)8-3)24-32(30)39-9-4/h12-15,17-22,24H,6-11,16,23H2,1-5H3. The van der Waals surface area contributed by atoms with E-state index in [1.807, 2.05) is 31.2 Å². The van der Waals surface area contributed by atoms with Gasteiger partial charge in [-0.15, -0.1) is 0 Å². The Balaban J connectivity index is 1.82. The molecule has 1 aromatic heterocycles. The number of hydrogen-bond donors (Lipinski definition) is 0. The number of aromatic nitrogens is 1. The van der Waals surface area contributed by atoms with Crippen molar-refractivity contribution in [2.24, 2.45) is 0 Å². The summed E-state index contributed by atoms with van der Waals surface area (Å²) < 4.78 is 15.4. The number of unbranched alkanes of at least 4 members (excludes halogenated alkanes) is 3. The fraction of sp³-hybridized carbons (Fsp3) is 0.400. The van der Waals surface area contributed by atoms with Gasteiger partial charge in [0, 0.05) is 64.7 Å². The highest BCUT2D eigenvalue weighted by atomic mass is 16.6. The summed E-state index contributed by atoms with van der Waals surface area (Å²) in [6.07, 6.45) is 4.74. The number of nitrogens with zero attached hydrogens (tertiary/aromatic N) is 2. The summed E-state index contributed by atoms with van der Waals surface area (Å²) in [6, 6.07) is 22.7. The zero-order chi connectivity index (χ0) is 28.3. The maximum atomic E-state index is 13.6. The molecule has 0 saturated carbocycles. The second-order valence-electron chi connectivity index (χ2n) is 10.6. The Bertz CT molecular complexity index is 1500. The van der Waals surface area contributed by atoms with Crippen LogP contribution in [0.3, 0.4) is 0 Å². The number of hydrogen-bond acceptors (Lipinski definition) is 4. The third kappa shape index (κ3) is 4.55. The molecule has 0 radical (unpaired) electrons. The summed E-state index contributed by atoms with van der Waals surface area (Å²) in [4.78, 5) is 15.9. The van der Waals surface area contributed by atoms with Crippen LogP contribution in [0.5, 0.6) is 5.75 Å². The lowest BCUT2D eigenvalue weighted by molar-refractivity contribution is 0.0246. The van der Waals surface area contributed by atoms with Crippen LogP contribution in [0.25, 0.3) is 10.9 Å². The van der Waals surface area contributed by atoms with Crippen LogP contribution in [0.15, 0.2) is 66.7 Å². The highest BCUT2D eigenvalue weighted by molar-refractivity contribution is 5.99. The molecule has 0 bridgehead atoms. The fourth-order valence-corrected chi connectivity index (χ4v) is 6.46. The van der Waals surface area contributed by atoms with Crippen LogP contribution in [-0.2, 0) is 16.9 Å². The Kier molecular flexibility index (Phi) is 8.20. The molecule has 3 aromatic carbocycles. The topological polar surface area (TPSA) is 43.7 Å². The second kappa shape index (κ2) is 11.8. The van der Waals surface area contributed by atoms with E-state index in [0.717, 1.165) is 65.3 Å². The molecular weight excluding hydrogens is 496 g/mol. The van der Waals surface area contributed by atoms with E-state index in [1.54, 1.807) is 0 Å². The smallest absolute Gasteiger partial charge is 0.340 e. The first-order valence-corrected chi connectivity index (χ1v) is 14.9. The molecule has 5 rings (SSSR count). The van der Waals surface area contributed by atoms with Gasteiger partial charge in [0.15, 0.2) is 5.60 Å². The molecule has 210 valence electrons. The van der Waals surface area contributed by atoms with E-state index >= 15 is 0 Å². The predicted molar refractivity (Wildman–Crippen MR) is 164 cm³/mol. The Morgan fingerprint density at radius 2 is 1.62 bits per heavy atom. The van der Waals surface area contributed by atoms with Crippen LogP contribution in [0.2, 0.25) is 0 Å². The van der Waals surface area contributed by atoms with E-state index in [0.29, 0.717) is 12.2 Å². The molecule has 0 spiro atoms. The molecule has 0 fully saturated rings. The van der Waals surface area contributed by atoms with Gasteiger partial charge in [0.25, 0.3) is 0 Å². The van der Waals surface area contributed by atoms with E-state index in [9.17, 15) is 4.79 Å². The molecule has 0 amide bonds. The SMILES string of the molecule is CCCCCCn1c(C)c(C2(c3ccc(N(CC)CC)cc3OCC)OC(=O)c3ccccc32)c2ccccc21.